The molecule has 1 rings (SSSR count). The standard InChI is InChI=1S/C12H24N2O/c1-8(2)13-12(15)10(4)14-9(3)7-11-5-6-11/h8-11,14H,5-7H2,1-4H3,(H,13,15). The van der Waals surface area contributed by atoms with Gasteiger partial charge in [0.25, 0.3) is 0 Å². The zero-order chi connectivity index (χ0) is 11.4. The van der Waals surface area contributed by atoms with Crippen LogP contribution < -0.4 is 10.6 Å². The summed E-state index contributed by atoms with van der Waals surface area (Å²) in [5, 5.41) is 6.26. The average Bonchev–Trinajstić information content (AvgIpc) is 2.86. The van der Waals surface area contributed by atoms with Gasteiger partial charge in [-0.25, -0.2) is 0 Å². The normalized spacial score (nSPS) is 20.1. The van der Waals surface area contributed by atoms with E-state index in [1.165, 1.54) is 19.3 Å². The van der Waals surface area contributed by atoms with Crippen molar-refractivity contribution in [3.05, 3.63) is 0 Å². The molecule has 1 aliphatic carbocycles. The molecule has 0 aromatic carbocycles. The molecule has 1 saturated carbocycles. The number of amides is 1. The SMILES string of the molecule is CC(C)NC(=O)C(C)NC(C)CC1CC1. The van der Waals surface area contributed by atoms with Gasteiger partial charge in [0.15, 0.2) is 0 Å². The van der Waals surface area contributed by atoms with Crippen LogP contribution in [0.4, 0.5) is 0 Å². The van der Waals surface area contributed by atoms with Gasteiger partial charge in [0.1, 0.15) is 0 Å². The zero-order valence-electron chi connectivity index (χ0n) is 10.3. The third kappa shape index (κ3) is 5.17. The summed E-state index contributed by atoms with van der Waals surface area (Å²) in [5.41, 5.74) is 0. The van der Waals surface area contributed by atoms with E-state index in [0.717, 1.165) is 5.92 Å². The van der Waals surface area contributed by atoms with Gasteiger partial charge in [0.05, 0.1) is 6.04 Å². The molecule has 1 aliphatic rings. The van der Waals surface area contributed by atoms with Crippen LogP contribution in [0.25, 0.3) is 0 Å². The lowest BCUT2D eigenvalue weighted by atomic mass is 10.1. The second kappa shape index (κ2) is 5.50. The van der Waals surface area contributed by atoms with Gasteiger partial charge < -0.3 is 10.6 Å². The number of hydrogen-bond acceptors (Lipinski definition) is 2. The van der Waals surface area contributed by atoms with Crippen LogP contribution in [0, 0.1) is 5.92 Å². The van der Waals surface area contributed by atoms with Crippen LogP contribution in [0.2, 0.25) is 0 Å². The number of hydrogen-bond donors (Lipinski definition) is 2. The molecule has 3 heteroatoms. The molecule has 3 nitrogen and oxygen atoms in total. The second-order valence-corrected chi connectivity index (χ2v) is 5.13. The Morgan fingerprint density at radius 2 is 1.87 bits per heavy atom. The van der Waals surface area contributed by atoms with Crippen molar-refractivity contribution in [2.24, 2.45) is 5.92 Å². The Bertz CT molecular complexity index is 212. The lowest BCUT2D eigenvalue weighted by Crippen LogP contribution is -2.47. The maximum atomic E-state index is 11.6. The van der Waals surface area contributed by atoms with Crippen LogP contribution in [-0.2, 0) is 4.79 Å². The predicted molar refractivity (Wildman–Crippen MR) is 62.7 cm³/mol. The van der Waals surface area contributed by atoms with Gasteiger partial charge >= 0.3 is 0 Å². The van der Waals surface area contributed by atoms with Crippen molar-refractivity contribution in [3.63, 3.8) is 0 Å². The fourth-order valence-corrected chi connectivity index (χ4v) is 1.83. The van der Waals surface area contributed by atoms with E-state index in [4.69, 9.17) is 0 Å². The number of carbonyl (C=O) groups is 1. The summed E-state index contributed by atoms with van der Waals surface area (Å²) in [6.07, 6.45) is 3.95. The summed E-state index contributed by atoms with van der Waals surface area (Å²) < 4.78 is 0. The predicted octanol–water partition coefficient (Wildman–Crippen LogP) is 1.68. The van der Waals surface area contributed by atoms with Crippen LogP contribution in [0.15, 0.2) is 0 Å². The first-order valence-corrected chi connectivity index (χ1v) is 6.05. The van der Waals surface area contributed by atoms with Gasteiger partial charge in [-0.15, -0.1) is 0 Å². The minimum atomic E-state index is -0.0823. The molecule has 0 saturated heterocycles. The van der Waals surface area contributed by atoms with Crippen LogP contribution in [-0.4, -0.2) is 24.0 Å². The molecule has 0 radical (unpaired) electrons. The molecular weight excluding hydrogens is 188 g/mol. The number of nitrogens with one attached hydrogen (secondary N) is 2. The Balaban J connectivity index is 2.20. The van der Waals surface area contributed by atoms with Crippen molar-refractivity contribution in [1.29, 1.82) is 0 Å². The summed E-state index contributed by atoms with van der Waals surface area (Å²) in [7, 11) is 0. The first-order chi connectivity index (χ1) is 6.99. The Hall–Kier alpha value is -0.570. The van der Waals surface area contributed by atoms with E-state index in [0.29, 0.717) is 6.04 Å². The highest BCUT2D eigenvalue weighted by atomic mass is 16.2. The molecule has 0 spiro atoms. The maximum absolute atomic E-state index is 11.6. The summed E-state index contributed by atoms with van der Waals surface area (Å²) in [6.45, 7) is 8.06. The molecule has 2 atom stereocenters. The summed E-state index contributed by atoms with van der Waals surface area (Å²) in [6, 6.07) is 0.590. The fraction of sp³-hybridized carbons (Fsp3) is 0.917. The minimum Gasteiger partial charge on any atom is -0.353 e. The van der Waals surface area contributed by atoms with Crippen molar-refractivity contribution in [2.75, 3.05) is 0 Å². The molecule has 0 aromatic heterocycles. The molecule has 0 aromatic rings. The Morgan fingerprint density at radius 1 is 1.27 bits per heavy atom. The molecule has 0 heterocycles. The van der Waals surface area contributed by atoms with Gasteiger partial charge in [-0.05, 0) is 40.0 Å². The number of carbonyl (C=O) groups excluding carboxylic acids is 1. The monoisotopic (exact) mass is 212 g/mol. The maximum Gasteiger partial charge on any atom is 0.237 e. The van der Waals surface area contributed by atoms with Crippen molar-refractivity contribution in [2.45, 2.75) is 65.1 Å². The van der Waals surface area contributed by atoms with E-state index in [9.17, 15) is 4.79 Å². The highest BCUT2D eigenvalue weighted by molar-refractivity contribution is 5.81. The second-order valence-electron chi connectivity index (χ2n) is 5.13. The van der Waals surface area contributed by atoms with Crippen LogP contribution >= 0.6 is 0 Å². The van der Waals surface area contributed by atoms with Crippen molar-refractivity contribution < 1.29 is 4.79 Å². The molecule has 2 N–H and O–H groups in total. The van der Waals surface area contributed by atoms with E-state index < -0.39 is 0 Å². The van der Waals surface area contributed by atoms with Gasteiger partial charge in [0, 0.05) is 12.1 Å². The summed E-state index contributed by atoms with van der Waals surface area (Å²) in [4.78, 5) is 11.6. The van der Waals surface area contributed by atoms with Crippen molar-refractivity contribution >= 4 is 5.91 Å². The fourth-order valence-electron chi connectivity index (χ4n) is 1.83. The third-order valence-corrected chi connectivity index (χ3v) is 2.74. The lowest BCUT2D eigenvalue weighted by molar-refractivity contribution is -0.123. The van der Waals surface area contributed by atoms with Gasteiger partial charge in [0.2, 0.25) is 5.91 Å². The van der Waals surface area contributed by atoms with E-state index in [2.05, 4.69) is 17.6 Å². The first-order valence-electron chi connectivity index (χ1n) is 6.05. The Kier molecular flexibility index (Phi) is 4.58. The Morgan fingerprint density at radius 3 is 2.33 bits per heavy atom. The van der Waals surface area contributed by atoms with Gasteiger partial charge in [-0.3, -0.25) is 4.79 Å². The summed E-state index contributed by atoms with van der Waals surface area (Å²) >= 11 is 0. The lowest BCUT2D eigenvalue weighted by Gasteiger charge is -2.20. The molecule has 1 amide bonds. The number of rotatable bonds is 6. The molecule has 88 valence electrons. The van der Waals surface area contributed by atoms with E-state index in [1.54, 1.807) is 0 Å². The molecule has 0 aliphatic heterocycles. The zero-order valence-corrected chi connectivity index (χ0v) is 10.3. The molecule has 0 bridgehead atoms. The first kappa shape index (κ1) is 12.5. The largest absolute Gasteiger partial charge is 0.353 e. The minimum absolute atomic E-state index is 0.0823. The van der Waals surface area contributed by atoms with Gasteiger partial charge in [-0.2, -0.15) is 0 Å². The highest BCUT2D eigenvalue weighted by Crippen LogP contribution is 2.33. The molecular formula is C12H24N2O. The third-order valence-electron chi connectivity index (χ3n) is 2.74. The smallest absolute Gasteiger partial charge is 0.237 e. The van der Waals surface area contributed by atoms with Crippen LogP contribution in [0.5, 0.6) is 0 Å². The van der Waals surface area contributed by atoms with Crippen LogP contribution in [0.3, 0.4) is 0 Å². The average molecular weight is 212 g/mol. The van der Waals surface area contributed by atoms with E-state index >= 15 is 0 Å². The highest BCUT2D eigenvalue weighted by Gasteiger charge is 2.25. The quantitative estimate of drug-likeness (QED) is 0.703. The molecule has 15 heavy (non-hydrogen) atoms. The van der Waals surface area contributed by atoms with Gasteiger partial charge in [-0.1, -0.05) is 12.8 Å². The molecule has 1 fully saturated rings. The van der Waals surface area contributed by atoms with Crippen molar-refractivity contribution in [1.82, 2.24) is 10.6 Å². The van der Waals surface area contributed by atoms with Crippen molar-refractivity contribution in [3.8, 4) is 0 Å². The van der Waals surface area contributed by atoms with Crippen LogP contribution in [0.1, 0.15) is 47.0 Å². The molecule has 2 unspecified atom stereocenters. The summed E-state index contributed by atoms with van der Waals surface area (Å²) in [5.74, 6) is 1.01. The topological polar surface area (TPSA) is 41.1 Å². The Labute approximate surface area is 93.0 Å². The van der Waals surface area contributed by atoms with E-state index in [1.807, 2.05) is 20.8 Å². The van der Waals surface area contributed by atoms with E-state index in [-0.39, 0.29) is 18.0 Å².